The monoisotopic (exact) mass is 383 g/mol. The van der Waals surface area contributed by atoms with Gasteiger partial charge in [-0.05, 0) is 31.8 Å². The lowest BCUT2D eigenvalue weighted by Crippen LogP contribution is -2.21. The third-order valence-electron chi connectivity index (χ3n) is 4.37. The molecule has 0 aromatic rings. The van der Waals surface area contributed by atoms with Gasteiger partial charge in [0.2, 0.25) is 0 Å². The average Bonchev–Trinajstić information content (AvgIpc) is 3.34. The summed E-state index contributed by atoms with van der Waals surface area (Å²) in [5.41, 5.74) is 0. The maximum Gasteiger partial charge on any atom is 0.284 e. The fourth-order valence-corrected chi connectivity index (χ4v) is 3.03. The van der Waals surface area contributed by atoms with Gasteiger partial charge in [0.25, 0.3) is 15.1 Å². The molecule has 0 aliphatic carbocycles. The number of carbonyl (C=O) groups is 1. The van der Waals surface area contributed by atoms with E-state index in [1.54, 1.807) is 12.2 Å². The molecule has 26 heavy (non-hydrogen) atoms. The van der Waals surface area contributed by atoms with Crippen molar-refractivity contribution in [3.63, 3.8) is 0 Å². The van der Waals surface area contributed by atoms with Crippen molar-refractivity contribution in [3.8, 4) is 0 Å². The highest BCUT2D eigenvalue weighted by molar-refractivity contribution is 8.04. The Bertz CT molecular complexity index is 593. The molecule has 5 nitrogen and oxygen atoms in total. The summed E-state index contributed by atoms with van der Waals surface area (Å²) in [6.07, 6.45) is 23.0. The Morgan fingerprint density at radius 1 is 0.923 bits per heavy atom. The molecule has 1 aliphatic heterocycles. The van der Waals surface area contributed by atoms with Crippen molar-refractivity contribution in [1.29, 1.82) is 0 Å². The van der Waals surface area contributed by atoms with Gasteiger partial charge in [0.1, 0.15) is 0 Å². The Morgan fingerprint density at radius 2 is 1.54 bits per heavy atom. The fraction of sp³-hybridized carbons (Fsp3) is 0.650. The number of hydrogen-bond acceptors (Lipinski definition) is 4. The molecule has 0 bridgehead atoms. The molecule has 1 heterocycles. The van der Waals surface area contributed by atoms with Crippen LogP contribution in [0.1, 0.15) is 71.1 Å². The standard InChI is InChI=1S/C20H33NO4S/c1-2-3-15-18-19(25-18)16-13-11-9-7-5-4-6-8-10-12-14-17-20(22)26(21,23)24/h6,8,10,12,14,17-19H,2-5,7,9,11,13,15-16H2,1H3,(H2,21,23,24). The number of primary sulfonamides is 1. The van der Waals surface area contributed by atoms with Crippen molar-refractivity contribution in [2.45, 2.75) is 83.3 Å². The van der Waals surface area contributed by atoms with E-state index in [4.69, 9.17) is 4.74 Å². The van der Waals surface area contributed by atoms with Gasteiger partial charge in [-0.3, -0.25) is 4.79 Å². The van der Waals surface area contributed by atoms with Gasteiger partial charge in [0.05, 0.1) is 12.2 Å². The lowest BCUT2D eigenvalue weighted by atomic mass is 10.1. The summed E-state index contributed by atoms with van der Waals surface area (Å²) in [7, 11) is -4.11. The van der Waals surface area contributed by atoms with Gasteiger partial charge >= 0.3 is 0 Å². The number of sulfonamides is 1. The minimum Gasteiger partial charge on any atom is -0.370 e. The minimum atomic E-state index is -4.11. The first kappa shape index (κ1) is 22.8. The number of hydrogen-bond donors (Lipinski definition) is 1. The van der Waals surface area contributed by atoms with Crippen LogP contribution in [0.5, 0.6) is 0 Å². The van der Waals surface area contributed by atoms with E-state index >= 15 is 0 Å². The lowest BCUT2D eigenvalue weighted by Gasteiger charge is -1.99. The molecule has 148 valence electrons. The van der Waals surface area contributed by atoms with Crippen LogP contribution in [0, 0.1) is 0 Å². The van der Waals surface area contributed by atoms with E-state index in [9.17, 15) is 13.2 Å². The van der Waals surface area contributed by atoms with E-state index in [-0.39, 0.29) is 0 Å². The Balaban J connectivity index is 1.91. The maximum absolute atomic E-state index is 11.0. The van der Waals surface area contributed by atoms with E-state index in [0.717, 1.165) is 12.5 Å². The summed E-state index contributed by atoms with van der Waals surface area (Å²) < 4.78 is 27.0. The first-order chi connectivity index (χ1) is 12.4. The first-order valence-corrected chi connectivity index (χ1v) is 11.2. The van der Waals surface area contributed by atoms with Crippen LogP contribution in [0.3, 0.4) is 0 Å². The molecule has 1 saturated heterocycles. The molecule has 0 aromatic heterocycles. The van der Waals surface area contributed by atoms with E-state index in [1.807, 2.05) is 6.08 Å². The first-order valence-electron chi connectivity index (χ1n) is 9.67. The summed E-state index contributed by atoms with van der Waals surface area (Å²) in [5.74, 6) is 0. The molecule has 0 spiro atoms. The summed E-state index contributed by atoms with van der Waals surface area (Å²) in [4.78, 5) is 11.0. The van der Waals surface area contributed by atoms with Crippen LogP contribution >= 0.6 is 0 Å². The molecule has 0 saturated carbocycles. The van der Waals surface area contributed by atoms with Gasteiger partial charge in [-0.15, -0.1) is 0 Å². The number of ether oxygens (including phenoxy) is 1. The predicted octanol–water partition coefficient (Wildman–Crippen LogP) is 4.16. The SMILES string of the molecule is CCCCC1OC1CCCCCCCC=CC=CC=CC(=O)S(N)(=O)=O. The molecule has 0 aromatic carbocycles. The smallest absolute Gasteiger partial charge is 0.284 e. The van der Waals surface area contributed by atoms with Gasteiger partial charge in [-0.2, -0.15) is 0 Å². The molecular formula is C20H33NO4S. The van der Waals surface area contributed by atoms with Crippen LogP contribution in [0.4, 0.5) is 0 Å². The minimum absolute atomic E-state index is 0.547. The molecule has 1 fully saturated rings. The third kappa shape index (κ3) is 11.4. The second-order valence-corrected chi connectivity index (χ2v) is 8.23. The fourth-order valence-electron chi connectivity index (χ4n) is 2.76. The molecule has 0 radical (unpaired) electrons. The van der Waals surface area contributed by atoms with Gasteiger partial charge < -0.3 is 4.74 Å². The lowest BCUT2D eigenvalue weighted by molar-refractivity contribution is -0.107. The van der Waals surface area contributed by atoms with Gasteiger partial charge in [-0.25, -0.2) is 13.6 Å². The van der Waals surface area contributed by atoms with E-state index in [1.165, 1.54) is 63.9 Å². The summed E-state index contributed by atoms with van der Waals surface area (Å²) in [5, 5.41) is 3.60. The average molecular weight is 384 g/mol. The number of epoxide rings is 1. The summed E-state index contributed by atoms with van der Waals surface area (Å²) >= 11 is 0. The van der Waals surface area contributed by atoms with Crippen LogP contribution in [-0.2, 0) is 19.6 Å². The quantitative estimate of drug-likeness (QED) is 0.211. The van der Waals surface area contributed by atoms with Crippen molar-refractivity contribution < 1.29 is 17.9 Å². The molecule has 1 aliphatic rings. The molecule has 0 amide bonds. The van der Waals surface area contributed by atoms with Gasteiger partial charge in [-0.1, -0.05) is 75.8 Å². The summed E-state index contributed by atoms with van der Waals surface area (Å²) in [6, 6.07) is 0. The van der Waals surface area contributed by atoms with E-state index in [2.05, 4.69) is 18.1 Å². The molecule has 2 atom stereocenters. The third-order valence-corrected chi connectivity index (χ3v) is 5.07. The van der Waals surface area contributed by atoms with Crippen LogP contribution in [0.15, 0.2) is 36.5 Å². The predicted molar refractivity (Wildman–Crippen MR) is 106 cm³/mol. The van der Waals surface area contributed by atoms with Crippen LogP contribution < -0.4 is 5.14 Å². The largest absolute Gasteiger partial charge is 0.370 e. The van der Waals surface area contributed by atoms with Crippen molar-refractivity contribution in [3.05, 3.63) is 36.5 Å². The Labute approximate surface area is 158 Å². The Kier molecular flexibility index (Phi) is 11.4. The number of nitrogens with two attached hydrogens (primary N) is 1. The molecule has 1 rings (SSSR count). The highest BCUT2D eigenvalue weighted by Crippen LogP contribution is 2.31. The maximum atomic E-state index is 11.0. The highest BCUT2D eigenvalue weighted by atomic mass is 32.2. The number of carbonyl (C=O) groups excluding carboxylic acids is 1. The van der Waals surface area contributed by atoms with Gasteiger partial charge in [0.15, 0.2) is 0 Å². The molecule has 2 N–H and O–H groups in total. The van der Waals surface area contributed by atoms with Crippen molar-refractivity contribution in [1.82, 2.24) is 0 Å². The second-order valence-electron chi connectivity index (χ2n) is 6.74. The highest BCUT2D eigenvalue weighted by Gasteiger charge is 2.36. The molecular weight excluding hydrogens is 350 g/mol. The zero-order valence-corrected chi connectivity index (χ0v) is 16.6. The van der Waals surface area contributed by atoms with Crippen molar-refractivity contribution in [2.75, 3.05) is 0 Å². The summed E-state index contributed by atoms with van der Waals surface area (Å²) in [6.45, 7) is 2.22. The van der Waals surface area contributed by atoms with Crippen molar-refractivity contribution >= 4 is 15.1 Å². The molecule has 2 unspecified atom stereocenters. The van der Waals surface area contributed by atoms with Gasteiger partial charge in [0, 0.05) is 0 Å². The normalized spacial score (nSPS) is 20.5. The van der Waals surface area contributed by atoms with Crippen molar-refractivity contribution in [2.24, 2.45) is 5.14 Å². The number of rotatable bonds is 14. The van der Waals surface area contributed by atoms with Crippen LogP contribution in [0.2, 0.25) is 0 Å². The zero-order valence-electron chi connectivity index (χ0n) is 15.8. The van der Waals surface area contributed by atoms with Crippen LogP contribution in [-0.4, -0.2) is 25.7 Å². The van der Waals surface area contributed by atoms with E-state index in [0.29, 0.717) is 12.2 Å². The topological polar surface area (TPSA) is 89.8 Å². The number of unbranched alkanes of at least 4 members (excludes halogenated alkanes) is 6. The molecule has 6 heteroatoms. The number of allylic oxidation sites excluding steroid dienone is 5. The Morgan fingerprint density at radius 3 is 2.23 bits per heavy atom. The Hall–Kier alpha value is -1.24. The zero-order chi connectivity index (χ0) is 19.3. The van der Waals surface area contributed by atoms with E-state index < -0.39 is 15.1 Å². The second kappa shape index (κ2) is 13.0. The van der Waals surface area contributed by atoms with Crippen LogP contribution in [0.25, 0.3) is 0 Å².